The highest BCUT2D eigenvalue weighted by Gasteiger charge is 2.09. The summed E-state index contributed by atoms with van der Waals surface area (Å²) in [7, 11) is 0. The van der Waals surface area contributed by atoms with Crippen LogP contribution < -0.4 is 10.1 Å². The molecule has 0 aliphatic heterocycles. The fourth-order valence-electron chi connectivity index (χ4n) is 1.65. The highest BCUT2D eigenvalue weighted by atomic mass is 35.5. The minimum atomic E-state index is 0.107. The van der Waals surface area contributed by atoms with Gasteiger partial charge in [0.2, 0.25) is 0 Å². The highest BCUT2D eigenvalue weighted by molar-refractivity contribution is 6.30. The average molecular weight is 272 g/mol. The molecule has 0 spiro atoms. The van der Waals surface area contributed by atoms with Crippen LogP contribution in [-0.4, -0.2) is 23.9 Å². The van der Waals surface area contributed by atoms with Gasteiger partial charge in [0, 0.05) is 23.2 Å². The Hall–Kier alpha value is -0.770. The van der Waals surface area contributed by atoms with Crippen molar-refractivity contribution in [1.82, 2.24) is 5.32 Å². The summed E-state index contributed by atoms with van der Waals surface area (Å²) in [6.07, 6.45) is 1.02. The molecule has 102 valence electrons. The number of aliphatic hydroxyl groups excluding tert-OH is 1. The van der Waals surface area contributed by atoms with Gasteiger partial charge in [0.25, 0.3) is 0 Å². The number of rotatable bonds is 7. The van der Waals surface area contributed by atoms with Crippen LogP contribution in [0.3, 0.4) is 0 Å². The summed E-state index contributed by atoms with van der Waals surface area (Å²) in [5, 5.41) is 13.1. The van der Waals surface area contributed by atoms with Crippen molar-refractivity contribution in [3.8, 4) is 5.75 Å². The van der Waals surface area contributed by atoms with Crippen LogP contribution in [-0.2, 0) is 6.54 Å². The molecule has 0 saturated carbocycles. The van der Waals surface area contributed by atoms with Crippen molar-refractivity contribution >= 4 is 11.6 Å². The van der Waals surface area contributed by atoms with Crippen molar-refractivity contribution in [1.29, 1.82) is 0 Å². The predicted molar refractivity (Wildman–Crippen MR) is 75.2 cm³/mol. The maximum absolute atomic E-state index is 9.15. The van der Waals surface area contributed by atoms with Crippen LogP contribution in [0.4, 0.5) is 0 Å². The van der Waals surface area contributed by atoms with Gasteiger partial charge in [-0.05, 0) is 38.5 Å². The van der Waals surface area contributed by atoms with E-state index in [2.05, 4.69) is 5.32 Å². The molecular weight excluding hydrogens is 250 g/mol. The average Bonchev–Trinajstić information content (AvgIpc) is 2.33. The maximum Gasteiger partial charge on any atom is 0.124 e. The first-order chi connectivity index (χ1) is 8.56. The van der Waals surface area contributed by atoms with E-state index < -0.39 is 0 Å². The summed E-state index contributed by atoms with van der Waals surface area (Å²) in [5.41, 5.74) is 1.02. The number of benzene rings is 1. The van der Waals surface area contributed by atoms with Crippen LogP contribution in [0, 0.1) is 0 Å². The summed E-state index contributed by atoms with van der Waals surface area (Å²) in [6.45, 7) is 6.80. The molecule has 18 heavy (non-hydrogen) atoms. The van der Waals surface area contributed by atoms with Crippen LogP contribution in [0.25, 0.3) is 0 Å². The molecule has 0 heterocycles. The molecule has 0 radical (unpaired) electrons. The highest BCUT2D eigenvalue weighted by Crippen LogP contribution is 2.24. The first kappa shape index (κ1) is 15.3. The van der Waals surface area contributed by atoms with E-state index in [9.17, 15) is 0 Å². The van der Waals surface area contributed by atoms with E-state index in [0.717, 1.165) is 17.7 Å². The molecular formula is C14H22ClNO2. The number of hydrogen-bond donors (Lipinski definition) is 2. The van der Waals surface area contributed by atoms with Gasteiger partial charge in [-0.3, -0.25) is 0 Å². The van der Waals surface area contributed by atoms with Gasteiger partial charge in [0.05, 0.1) is 12.7 Å². The Morgan fingerprint density at radius 1 is 1.39 bits per heavy atom. The van der Waals surface area contributed by atoms with Crippen molar-refractivity contribution in [2.45, 2.75) is 45.9 Å². The fraction of sp³-hybridized carbons (Fsp3) is 0.571. The van der Waals surface area contributed by atoms with E-state index in [1.165, 1.54) is 0 Å². The lowest BCUT2D eigenvalue weighted by atomic mass is 10.1. The normalized spacial score (nSPS) is 12.8. The zero-order valence-electron chi connectivity index (χ0n) is 11.2. The van der Waals surface area contributed by atoms with Crippen molar-refractivity contribution in [3.63, 3.8) is 0 Å². The predicted octanol–water partition coefficient (Wildman–Crippen LogP) is 2.99. The minimum absolute atomic E-state index is 0.107. The van der Waals surface area contributed by atoms with Crippen molar-refractivity contribution in [2.75, 3.05) is 6.61 Å². The number of nitrogens with one attached hydrogen (secondary N) is 1. The molecule has 0 bridgehead atoms. The monoisotopic (exact) mass is 271 g/mol. The first-order valence-corrected chi connectivity index (χ1v) is 6.74. The van der Waals surface area contributed by atoms with E-state index in [4.69, 9.17) is 21.4 Å². The van der Waals surface area contributed by atoms with E-state index in [1.807, 2.05) is 39.0 Å². The molecule has 1 rings (SSSR count). The van der Waals surface area contributed by atoms with Crippen molar-refractivity contribution < 1.29 is 9.84 Å². The van der Waals surface area contributed by atoms with E-state index in [0.29, 0.717) is 11.6 Å². The third-order valence-electron chi connectivity index (χ3n) is 2.68. The number of ether oxygens (including phenoxy) is 1. The molecule has 1 aromatic carbocycles. The van der Waals surface area contributed by atoms with E-state index in [1.54, 1.807) is 0 Å². The van der Waals surface area contributed by atoms with Gasteiger partial charge < -0.3 is 15.2 Å². The van der Waals surface area contributed by atoms with Gasteiger partial charge in [0.15, 0.2) is 0 Å². The number of hydrogen-bond acceptors (Lipinski definition) is 3. The number of aliphatic hydroxyl groups is 1. The Kier molecular flexibility index (Phi) is 6.47. The van der Waals surface area contributed by atoms with Crippen LogP contribution in [0.15, 0.2) is 18.2 Å². The fourth-order valence-corrected chi connectivity index (χ4v) is 1.84. The molecule has 4 heteroatoms. The summed E-state index contributed by atoms with van der Waals surface area (Å²) in [6, 6.07) is 5.72. The lowest BCUT2D eigenvalue weighted by Crippen LogP contribution is -2.31. The lowest BCUT2D eigenvalue weighted by molar-refractivity contribution is 0.230. The Labute approximate surface area is 114 Å². The second-order valence-electron chi connectivity index (χ2n) is 4.59. The van der Waals surface area contributed by atoms with Crippen LogP contribution in [0.5, 0.6) is 5.75 Å². The summed E-state index contributed by atoms with van der Waals surface area (Å²) in [5.74, 6) is 0.842. The third kappa shape index (κ3) is 4.84. The molecule has 1 atom stereocenters. The number of halogens is 1. The molecule has 1 aromatic rings. The molecule has 0 aliphatic rings. The standard InChI is InChI=1S/C14H22ClNO2/c1-4-13(9-17)16-8-11-7-12(15)5-6-14(11)18-10(2)3/h5-7,10,13,16-17H,4,8-9H2,1-3H3. The lowest BCUT2D eigenvalue weighted by Gasteiger charge is -2.18. The molecule has 0 saturated heterocycles. The smallest absolute Gasteiger partial charge is 0.124 e. The van der Waals surface area contributed by atoms with Gasteiger partial charge in [0.1, 0.15) is 5.75 Å². The van der Waals surface area contributed by atoms with Crippen molar-refractivity contribution in [2.24, 2.45) is 0 Å². The Bertz CT molecular complexity index is 365. The summed E-state index contributed by atoms with van der Waals surface area (Å²) in [4.78, 5) is 0. The van der Waals surface area contributed by atoms with Gasteiger partial charge in [-0.15, -0.1) is 0 Å². The first-order valence-electron chi connectivity index (χ1n) is 6.36. The largest absolute Gasteiger partial charge is 0.491 e. The molecule has 0 aliphatic carbocycles. The van der Waals surface area contributed by atoms with E-state index >= 15 is 0 Å². The third-order valence-corrected chi connectivity index (χ3v) is 2.91. The summed E-state index contributed by atoms with van der Waals surface area (Å²) >= 11 is 6.00. The Morgan fingerprint density at radius 2 is 2.11 bits per heavy atom. The Morgan fingerprint density at radius 3 is 2.67 bits per heavy atom. The Balaban J connectivity index is 2.75. The molecule has 2 N–H and O–H groups in total. The SMILES string of the molecule is CCC(CO)NCc1cc(Cl)ccc1OC(C)C. The zero-order chi connectivity index (χ0) is 13.5. The minimum Gasteiger partial charge on any atom is -0.491 e. The van der Waals surface area contributed by atoms with Gasteiger partial charge >= 0.3 is 0 Å². The van der Waals surface area contributed by atoms with Gasteiger partial charge in [-0.2, -0.15) is 0 Å². The maximum atomic E-state index is 9.15. The summed E-state index contributed by atoms with van der Waals surface area (Å²) < 4.78 is 5.74. The molecule has 3 nitrogen and oxygen atoms in total. The molecule has 0 amide bonds. The second kappa shape index (κ2) is 7.62. The van der Waals surface area contributed by atoms with Crippen LogP contribution in [0.1, 0.15) is 32.8 Å². The van der Waals surface area contributed by atoms with Crippen LogP contribution >= 0.6 is 11.6 Å². The second-order valence-corrected chi connectivity index (χ2v) is 5.02. The zero-order valence-corrected chi connectivity index (χ0v) is 12.0. The molecule has 0 aromatic heterocycles. The molecule has 1 unspecified atom stereocenters. The van der Waals surface area contributed by atoms with E-state index in [-0.39, 0.29) is 18.8 Å². The van der Waals surface area contributed by atoms with Crippen LogP contribution in [0.2, 0.25) is 5.02 Å². The van der Waals surface area contributed by atoms with Gasteiger partial charge in [-0.1, -0.05) is 18.5 Å². The van der Waals surface area contributed by atoms with Crippen molar-refractivity contribution in [3.05, 3.63) is 28.8 Å². The quantitative estimate of drug-likeness (QED) is 0.801. The van der Waals surface area contributed by atoms with Gasteiger partial charge in [-0.25, -0.2) is 0 Å². The topological polar surface area (TPSA) is 41.5 Å². The molecule has 0 fully saturated rings.